The molecule has 0 aliphatic heterocycles. The van der Waals surface area contributed by atoms with E-state index in [1.165, 1.54) is 0 Å². The van der Waals surface area contributed by atoms with Gasteiger partial charge in [0.15, 0.2) is 0 Å². The molecular weight excluding hydrogens is 210 g/mol. The van der Waals surface area contributed by atoms with Crippen LogP contribution in [0.4, 0.5) is 0 Å². The van der Waals surface area contributed by atoms with Crippen LogP contribution >= 0.6 is 0 Å². The molecule has 56 valence electrons. The standard InChI is InChI=1S/Cr.Cu.H3NO.H2O.3O/c;;1-2;;;;/h;;2H,1H2;1H2;;;/q2*+1;;;;;-1/p-1. The SMILES string of the molecule is NO.[Cu+].[O]=[Cr](=[O])([O-])[OH]. The summed E-state index contributed by atoms with van der Waals surface area (Å²) in [6, 6.07) is 0. The maximum atomic E-state index is 8.70. The molecule has 0 saturated carbocycles. The normalized spacial score (nSPS) is 8.00. The van der Waals surface area contributed by atoms with Gasteiger partial charge in [0.25, 0.3) is 0 Å². The molecule has 0 aromatic heterocycles. The summed E-state index contributed by atoms with van der Waals surface area (Å²) in [7, 11) is 0. The molecule has 0 fully saturated rings. The van der Waals surface area contributed by atoms with E-state index in [9.17, 15) is 0 Å². The third-order valence-electron chi connectivity index (χ3n) is 0. The minimum atomic E-state index is -5.50. The fraction of sp³-hybridized carbons (Fsp3) is 0. The van der Waals surface area contributed by atoms with Crippen LogP contribution in [0, 0.1) is 0 Å². The first-order valence-electron chi connectivity index (χ1n) is 0.941. The van der Waals surface area contributed by atoms with Crippen LogP contribution in [0.2, 0.25) is 0 Å². The quantitative estimate of drug-likeness (QED) is 0.298. The second-order valence-electron chi connectivity index (χ2n) is 0.428. The number of nitrogens with two attached hydrogens (primary N) is 1. The second kappa shape index (κ2) is 7.49. The van der Waals surface area contributed by atoms with Gasteiger partial charge in [-0.3, -0.25) is 0 Å². The second-order valence-corrected chi connectivity index (χ2v) is 1.76. The summed E-state index contributed by atoms with van der Waals surface area (Å²) in [5, 5.41) is 6.50. The van der Waals surface area contributed by atoms with E-state index < -0.39 is 13.6 Å². The summed E-state index contributed by atoms with van der Waals surface area (Å²) < 4.78 is 33.1. The van der Waals surface area contributed by atoms with Crippen molar-refractivity contribution in [1.29, 1.82) is 0 Å². The van der Waals surface area contributed by atoms with Crippen molar-refractivity contribution in [3.05, 3.63) is 0 Å². The molecule has 8 heteroatoms. The Labute approximate surface area is 58.1 Å². The van der Waals surface area contributed by atoms with Gasteiger partial charge in [0, 0.05) is 0 Å². The Morgan fingerprint density at radius 1 is 1.38 bits per heavy atom. The molecule has 0 atom stereocenters. The summed E-state index contributed by atoms with van der Waals surface area (Å²) >= 11 is -5.50. The van der Waals surface area contributed by atoms with Gasteiger partial charge in [-0.1, -0.05) is 0 Å². The Hall–Kier alpha value is 0.492. The van der Waals surface area contributed by atoms with E-state index >= 15 is 0 Å². The monoisotopic (exact) mass is 213 g/mol. The Balaban J connectivity index is -0.0000000750. The fourth-order valence-corrected chi connectivity index (χ4v) is 0. The van der Waals surface area contributed by atoms with E-state index in [1.54, 1.807) is 0 Å². The first kappa shape index (κ1) is 15.8. The molecular formula is H4CrCuNO5. The molecule has 0 radical (unpaired) electrons. The molecule has 0 aliphatic carbocycles. The van der Waals surface area contributed by atoms with Gasteiger partial charge in [-0.2, -0.15) is 0 Å². The van der Waals surface area contributed by atoms with Crippen molar-refractivity contribution in [3.63, 3.8) is 0 Å². The van der Waals surface area contributed by atoms with Gasteiger partial charge >= 0.3 is 46.6 Å². The van der Waals surface area contributed by atoms with Crippen LogP contribution in [0.5, 0.6) is 0 Å². The zero-order chi connectivity index (χ0) is 6.50. The average Bonchev–Trinajstić information content (AvgIpc) is 1.36. The van der Waals surface area contributed by atoms with E-state index in [2.05, 4.69) is 5.90 Å². The number of hydrogen-bond donors (Lipinski definition) is 3. The summed E-state index contributed by atoms with van der Waals surface area (Å²) in [4.78, 5) is 0. The van der Waals surface area contributed by atoms with E-state index in [4.69, 9.17) is 21.1 Å². The first-order chi connectivity index (χ1) is 3.00. The van der Waals surface area contributed by atoms with Crippen LogP contribution < -0.4 is 10.1 Å². The number of hydrogen-bond acceptors (Lipinski definition) is 5. The molecule has 0 amide bonds. The van der Waals surface area contributed by atoms with Crippen molar-refractivity contribution in [2.75, 3.05) is 0 Å². The molecule has 0 saturated heterocycles. The van der Waals surface area contributed by atoms with Crippen LogP contribution in [0.3, 0.4) is 0 Å². The molecule has 6 nitrogen and oxygen atoms in total. The molecule has 0 rings (SSSR count). The maximum absolute atomic E-state index is 8.70. The van der Waals surface area contributed by atoms with Gasteiger partial charge in [-0.25, -0.2) is 5.90 Å². The van der Waals surface area contributed by atoms with E-state index in [-0.39, 0.29) is 17.1 Å². The molecule has 0 aromatic rings. The van der Waals surface area contributed by atoms with Crippen LogP contribution in [-0.4, -0.2) is 9.37 Å². The summed E-state index contributed by atoms with van der Waals surface area (Å²) in [6.45, 7) is 0. The van der Waals surface area contributed by atoms with Gasteiger partial charge in [-0.05, 0) is 0 Å². The average molecular weight is 214 g/mol. The molecule has 8 heavy (non-hydrogen) atoms. The molecule has 0 aliphatic rings. The van der Waals surface area contributed by atoms with Crippen LogP contribution in [-0.2, 0) is 38.3 Å². The van der Waals surface area contributed by atoms with Crippen LogP contribution in [0.15, 0.2) is 0 Å². The van der Waals surface area contributed by atoms with Gasteiger partial charge < -0.3 is 5.21 Å². The van der Waals surface area contributed by atoms with E-state index in [1.807, 2.05) is 0 Å². The molecule has 0 aromatic carbocycles. The third kappa shape index (κ3) is 809. The van der Waals surface area contributed by atoms with Crippen molar-refractivity contribution in [1.82, 2.24) is 0 Å². The predicted octanol–water partition coefficient (Wildman–Crippen LogP) is -2.65. The molecule has 0 bridgehead atoms. The fourth-order valence-electron chi connectivity index (χ4n) is 0. The zero-order valence-electron chi connectivity index (χ0n) is 3.41. The van der Waals surface area contributed by atoms with Crippen molar-refractivity contribution < 1.29 is 51.8 Å². The minimum absolute atomic E-state index is 0. The third-order valence-corrected chi connectivity index (χ3v) is 0. The summed E-state index contributed by atoms with van der Waals surface area (Å²) in [5.74, 6) is 3.50. The zero-order valence-corrected chi connectivity index (χ0v) is 5.62. The Morgan fingerprint density at radius 3 is 1.38 bits per heavy atom. The summed E-state index contributed by atoms with van der Waals surface area (Å²) in [5.41, 5.74) is 0. The molecule has 0 spiro atoms. The Bertz CT molecular complexity index is 95.6. The van der Waals surface area contributed by atoms with Crippen molar-refractivity contribution in [2.24, 2.45) is 5.90 Å². The van der Waals surface area contributed by atoms with Gasteiger partial charge in [0.1, 0.15) is 0 Å². The van der Waals surface area contributed by atoms with E-state index in [0.717, 1.165) is 0 Å². The van der Waals surface area contributed by atoms with Crippen molar-refractivity contribution in [2.45, 2.75) is 0 Å². The topological polar surface area (TPSA) is 124 Å². The van der Waals surface area contributed by atoms with Gasteiger partial charge in [0.2, 0.25) is 0 Å². The molecule has 4 N–H and O–H groups in total. The first-order valence-corrected chi connectivity index (χ1v) is 3.07. The van der Waals surface area contributed by atoms with Gasteiger partial charge in [0.05, 0.1) is 0 Å². The molecule has 0 unspecified atom stereocenters. The summed E-state index contributed by atoms with van der Waals surface area (Å²) in [6.07, 6.45) is 0. The van der Waals surface area contributed by atoms with Crippen molar-refractivity contribution >= 4 is 0 Å². The Morgan fingerprint density at radius 2 is 1.38 bits per heavy atom. The Kier molecular flexibility index (Phi) is 14.8. The molecule has 0 heterocycles. The number of rotatable bonds is 0. The van der Waals surface area contributed by atoms with Gasteiger partial charge in [-0.15, -0.1) is 0 Å². The van der Waals surface area contributed by atoms with Crippen LogP contribution in [0.25, 0.3) is 0 Å². The van der Waals surface area contributed by atoms with E-state index in [0.29, 0.717) is 0 Å². The predicted molar refractivity (Wildman–Crippen MR) is 9.57 cm³/mol. The van der Waals surface area contributed by atoms with Crippen molar-refractivity contribution in [3.8, 4) is 0 Å². The van der Waals surface area contributed by atoms with Crippen LogP contribution in [0.1, 0.15) is 0 Å².